The van der Waals surface area contributed by atoms with Crippen molar-refractivity contribution >= 4 is 21.8 Å². The molecule has 0 aliphatic heterocycles. The number of fused-ring (bicyclic) bond motifs is 3. The van der Waals surface area contributed by atoms with Crippen molar-refractivity contribution in [3.63, 3.8) is 0 Å². The van der Waals surface area contributed by atoms with Crippen molar-refractivity contribution in [2.45, 2.75) is 78.7 Å². The Morgan fingerprint density at radius 2 is 1.23 bits per heavy atom. The minimum Gasteiger partial charge on any atom is -0.509 e. The van der Waals surface area contributed by atoms with Crippen LogP contribution in [0.3, 0.4) is 0 Å². The van der Waals surface area contributed by atoms with Crippen molar-refractivity contribution in [1.82, 2.24) is 19.3 Å². The van der Waals surface area contributed by atoms with Crippen LogP contribution >= 0.6 is 0 Å². The molecule has 6 nitrogen and oxygen atoms in total. The molecule has 8 heteroatoms. The van der Waals surface area contributed by atoms with Crippen LogP contribution in [0.1, 0.15) is 73.4 Å². The number of hydrogen-bond donors (Lipinski definition) is 0. The second-order valence-electron chi connectivity index (χ2n) is 19.2. The molecule has 64 heavy (non-hydrogen) atoms. The molecule has 3 aromatic heterocycles. The Balaban J connectivity index is 0.00000560. The van der Waals surface area contributed by atoms with Gasteiger partial charge in [0.25, 0.3) is 0 Å². The number of rotatable bonds is 8. The van der Waals surface area contributed by atoms with Crippen LogP contribution in [0.15, 0.2) is 146 Å². The average Bonchev–Trinajstić information content (AvgIpc) is 3.80. The van der Waals surface area contributed by atoms with Gasteiger partial charge >= 0.3 is 21.1 Å². The van der Waals surface area contributed by atoms with Crippen LogP contribution < -0.4 is 9.47 Å². The third kappa shape index (κ3) is 8.92. The van der Waals surface area contributed by atoms with Crippen molar-refractivity contribution < 1.29 is 34.9 Å². The Labute approximate surface area is 390 Å². The van der Waals surface area contributed by atoms with E-state index in [0.29, 0.717) is 23.0 Å². The number of ether oxygens (including phenoxy) is 2. The maximum atomic E-state index is 16.1. The summed E-state index contributed by atoms with van der Waals surface area (Å²) in [6.45, 7) is 19.5. The number of pyridine rings is 1. The molecular formula is C56H51FN4O2Pt. The second-order valence-corrected chi connectivity index (χ2v) is 19.2. The van der Waals surface area contributed by atoms with Crippen LogP contribution in [-0.2, 0) is 31.9 Å². The van der Waals surface area contributed by atoms with Gasteiger partial charge in [0, 0.05) is 51.8 Å². The Morgan fingerprint density at radius 3 is 1.89 bits per heavy atom. The fourth-order valence-electron chi connectivity index (χ4n) is 8.06. The smallest absolute Gasteiger partial charge is 0.509 e. The van der Waals surface area contributed by atoms with E-state index in [1.807, 2.05) is 98.2 Å². The number of halogens is 1. The topological polar surface area (TPSA) is 54.1 Å². The summed E-state index contributed by atoms with van der Waals surface area (Å²) in [4.78, 5) is 4.76. The first kappa shape index (κ1) is 44.3. The molecule has 324 valence electrons. The zero-order chi connectivity index (χ0) is 44.3. The van der Waals surface area contributed by atoms with Crippen molar-refractivity contribution in [1.29, 1.82) is 0 Å². The van der Waals surface area contributed by atoms with E-state index >= 15 is 4.39 Å². The van der Waals surface area contributed by atoms with Crippen LogP contribution in [0.25, 0.3) is 67.0 Å². The number of hydrogen-bond acceptors (Lipinski definition) is 4. The molecule has 0 amide bonds. The maximum Gasteiger partial charge on any atom is 2.00 e. The summed E-state index contributed by atoms with van der Waals surface area (Å²) in [7, 11) is 0. The summed E-state index contributed by atoms with van der Waals surface area (Å²) in [5.74, 6) is 1.47. The number of aromatic nitrogens is 4. The van der Waals surface area contributed by atoms with E-state index in [4.69, 9.17) is 19.6 Å². The quantitative estimate of drug-likeness (QED) is 0.142. The maximum absolute atomic E-state index is 16.1. The molecule has 0 aliphatic carbocycles. The van der Waals surface area contributed by atoms with Crippen molar-refractivity contribution in [2.24, 2.45) is 0 Å². The number of benzene rings is 6. The largest absolute Gasteiger partial charge is 2.00 e. The molecule has 0 saturated heterocycles. The summed E-state index contributed by atoms with van der Waals surface area (Å²) in [5, 5.41) is 7.36. The van der Waals surface area contributed by atoms with E-state index in [1.54, 1.807) is 6.20 Å². The van der Waals surface area contributed by atoms with E-state index < -0.39 is 5.82 Å². The first-order chi connectivity index (χ1) is 30.0. The van der Waals surface area contributed by atoms with Gasteiger partial charge in [0.1, 0.15) is 22.9 Å². The molecule has 0 fully saturated rings. The normalized spacial score (nSPS) is 12.1. The minimum atomic E-state index is -0.490. The number of nitrogens with zero attached hydrogens (tertiary/aromatic N) is 4. The molecular weight excluding hydrogens is 975 g/mol. The molecule has 9 rings (SSSR count). The van der Waals surface area contributed by atoms with Gasteiger partial charge in [-0.15, -0.1) is 29.7 Å². The second kappa shape index (κ2) is 17.0. The summed E-state index contributed by atoms with van der Waals surface area (Å²) in [6.07, 6.45) is 1.75. The van der Waals surface area contributed by atoms with Gasteiger partial charge in [-0.05, 0) is 71.5 Å². The van der Waals surface area contributed by atoms with E-state index in [2.05, 4.69) is 113 Å². The zero-order valence-electron chi connectivity index (χ0n) is 37.7. The van der Waals surface area contributed by atoms with Gasteiger partial charge in [-0.25, -0.2) is 9.37 Å². The van der Waals surface area contributed by atoms with Gasteiger partial charge in [0.05, 0.1) is 5.69 Å². The standard InChI is InChI=1S/C56H51FN4O2.Pt/c1-54(2,3)39-28-38(29-40(30-39)55(4,5)6)51-52(36-18-12-10-13-19-36)59-61(53(51)37-20-14-11-15-21-37)42-31-41(57)32-45(33-42)62-43-24-25-47-46-22-16-17-23-48(46)60(49(47)34-43)50-35-44(26-27-58-50)63-56(7,8)9;/h10-32,35H,1-9H3;/q-2;+2. The van der Waals surface area contributed by atoms with Gasteiger partial charge in [0.15, 0.2) is 0 Å². The molecule has 0 saturated carbocycles. The zero-order valence-corrected chi connectivity index (χ0v) is 39.9. The summed E-state index contributed by atoms with van der Waals surface area (Å²) < 4.78 is 32.7. The predicted octanol–water partition coefficient (Wildman–Crippen LogP) is 14.7. The SMILES string of the molecule is CC(C)(C)Oc1ccnc(-n2c3[c-]c(Oc4[c-]c(-n5nc(-c6ccccc6)c(-c6cc(C(C)(C)C)cc(C(C)(C)C)c6)c5-c5ccccc5)cc(F)c4)ccc3c3ccccc32)c1.[Pt+2]. The Bertz CT molecular complexity index is 3100. The van der Waals surface area contributed by atoms with Crippen molar-refractivity contribution in [2.75, 3.05) is 0 Å². The van der Waals surface area contributed by atoms with Crippen molar-refractivity contribution in [3.05, 3.63) is 175 Å². The van der Waals surface area contributed by atoms with Crippen LogP contribution in [0, 0.1) is 17.9 Å². The molecule has 0 radical (unpaired) electrons. The third-order valence-electron chi connectivity index (χ3n) is 11.1. The fraction of sp³-hybridized carbons (Fsp3) is 0.214. The van der Waals surface area contributed by atoms with E-state index in [1.165, 1.54) is 23.3 Å². The molecule has 0 N–H and O–H groups in total. The molecule has 3 heterocycles. The summed E-state index contributed by atoms with van der Waals surface area (Å²) in [6, 6.07) is 52.8. The molecule has 6 aromatic carbocycles. The van der Waals surface area contributed by atoms with E-state index in [0.717, 1.165) is 55.4 Å². The Hall–Kier alpha value is -6.30. The van der Waals surface area contributed by atoms with Gasteiger partial charge in [-0.2, -0.15) is 11.2 Å². The molecule has 0 unspecified atom stereocenters. The van der Waals surface area contributed by atoms with Crippen molar-refractivity contribution in [3.8, 4) is 62.4 Å². The average molecular weight is 1030 g/mol. The first-order valence-corrected chi connectivity index (χ1v) is 21.4. The van der Waals surface area contributed by atoms with E-state index in [9.17, 15) is 0 Å². The molecule has 0 atom stereocenters. The van der Waals surface area contributed by atoms with Gasteiger partial charge < -0.3 is 14.0 Å². The first-order valence-electron chi connectivity index (χ1n) is 21.4. The van der Waals surface area contributed by atoms with Gasteiger partial charge in [-0.1, -0.05) is 150 Å². The summed E-state index contributed by atoms with van der Waals surface area (Å²) in [5.41, 5.74) is 9.37. The third-order valence-corrected chi connectivity index (χ3v) is 11.1. The van der Waals surface area contributed by atoms with Crippen LogP contribution in [0.4, 0.5) is 4.39 Å². The van der Waals surface area contributed by atoms with Gasteiger partial charge in [-0.3, -0.25) is 4.68 Å². The van der Waals surface area contributed by atoms with E-state index in [-0.39, 0.29) is 43.2 Å². The van der Waals surface area contributed by atoms with Gasteiger partial charge in [0.2, 0.25) is 0 Å². The molecule has 0 bridgehead atoms. The molecule has 0 aliphatic rings. The fourth-order valence-corrected chi connectivity index (χ4v) is 8.06. The van der Waals surface area contributed by atoms with Crippen LogP contribution in [0.5, 0.6) is 17.2 Å². The van der Waals surface area contributed by atoms with Crippen LogP contribution in [-0.4, -0.2) is 24.9 Å². The molecule has 9 aromatic rings. The Morgan fingerprint density at radius 1 is 0.594 bits per heavy atom. The predicted molar refractivity (Wildman–Crippen MR) is 254 cm³/mol. The monoisotopic (exact) mass is 1030 g/mol. The summed E-state index contributed by atoms with van der Waals surface area (Å²) >= 11 is 0. The Kier molecular flexibility index (Phi) is 11.8. The molecule has 0 spiro atoms. The van der Waals surface area contributed by atoms with Crippen LogP contribution in [0.2, 0.25) is 0 Å². The minimum absolute atomic E-state index is 0. The number of para-hydroxylation sites is 1.